The van der Waals surface area contributed by atoms with Crippen LogP contribution in [-0.2, 0) is 4.79 Å². The molecule has 1 aliphatic rings. The molecule has 0 saturated carbocycles. The number of carbonyl (C=O) groups is 1. The number of nitrogens with one attached hydrogen (secondary N) is 2. The Morgan fingerprint density at radius 1 is 1.02 bits per heavy atom. The number of pyridine rings is 1. The second-order valence-corrected chi connectivity index (χ2v) is 10.3. The number of fused-ring (bicyclic) bond motifs is 1. The molecule has 0 radical (unpaired) electrons. The quantitative estimate of drug-likeness (QED) is 0.246. The first-order chi connectivity index (χ1) is 19.6. The normalized spacial score (nSPS) is 15.3. The Morgan fingerprint density at radius 2 is 1.69 bits per heavy atom. The molecule has 4 rings (SSSR count). The minimum atomic E-state index is -5.23. The molecular weight excluding hydrogens is 604 g/mol. The molecular formula is C24H24F8N6O3S. The van der Waals surface area contributed by atoms with Gasteiger partial charge in [0.05, 0.1) is 17.6 Å². The van der Waals surface area contributed by atoms with Crippen molar-refractivity contribution in [2.45, 2.75) is 24.6 Å². The number of aromatic amines is 1. The van der Waals surface area contributed by atoms with Gasteiger partial charge in [0.15, 0.2) is 29.1 Å². The Hall–Kier alpha value is -3.38. The van der Waals surface area contributed by atoms with E-state index in [9.17, 15) is 39.9 Å². The number of aryl methyl sites for hydroxylation is 1. The van der Waals surface area contributed by atoms with Crippen molar-refractivity contribution in [3.63, 3.8) is 0 Å². The van der Waals surface area contributed by atoms with E-state index < -0.39 is 54.0 Å². The van der Waals surface area contributed by atoms with Gasteiger partial charge in [0.1, 0.15) is 5.69 Å². The van der Waals surface area contributed by atoms with Gasteiger partial charge in [-0.2, -0.15) is 13.2 Å². The van der Waals surface area contributed by atoms with E-state index in [2.05, 4.69) is 34.6 Å². The average Bonchev–Trinajstić information content (AvgIpc) is 3.25. The molecule has 3 heterocycles. The van der Waals surface area contributed by atoms with Crippen molar-refractivity contribution in [1.29, 1.82) is 0 Å². The number of imidazole rings is 1. The van der Waals surface area contributed by atoms with Crippen LogP contribution in [0.1, 0.15) is 5.69 Å². The maximum Gasteiger partial charge on any atom is 0.574 e. The van der Waals surface area contributed by atoms with Gasteiger partial charge in [0.2, 0.25) is 11.8 Å². The molecule has 18 heteroatoms. The molecule has 0 aliphatic carbocycles. The van der Waals surface area contributed by atoms with Gasteiger partial charge in [-0.3, -0.25) is 14.6 Å². The van der Waals surface area contributed by atoms with Crippen molar-refractivity contribution in [3.8, 4) is 11.6 Å². The van der Waals surface area contributed by atoms with Crippen LogP contribution in [0.25, 0.3) is 11.0 Å². The predicted molar refractivity (Wildman–Crippen MR) is 135 cm³/mol. The number of hydrogen-bond acceptors (Lipinski definition) is 8. The molecule has 1 fully saturated rings. The summed E-state index contributed by atoms with van der Waals surface area (Å²) < 4.78 is 112. The van der Waals surface area contributed by atoms with Crippen molar-refractivity contribution in [2.75, 3.05) is 56.9 Å². The number of amides is 1. The summed E-state index contributed by atoms with van der Waals surface area (Å²) in [6.07, 6.45) is -10.0. The van der Waals surface area contributed by atoms with Gasteiger partial charge >= 0.3 is 12.5 Å². The van der Waals surface area contributed by atoms with Crippen LogP contribution in [0.4, 0.5) is 40.8 Å². The Bertz CT molecular complexity index is 1370. The molecule has 42 heavy (non-hydrogen) atoms. The molecule has 0 unspecified atom stereocenters. The second-order valence-electron chi connectivity index (χ2n) is 9.23. The molecule has 0 bridgehead atoms. The number of alkyl halides is 6. The maximum absolute atomic E-state index is 13.4. The summed E-state index contributed by atoms with van der Waals surface area (Å²) in [5, 5.41) is 2.66. The molecule has 2 N–H and O–H groups in total. The van der Waals surface area contributed by atoms with E-state index in [1.165, 1.54) is 18.7 Å². The fourth-order valence-corrected chi connectivity index (χ4v) is 4.95. The molecule has 230 valence electrons. The SMILES string of the molecule is Cc1cc(OCC(F)(F)F)c(NC(=O)CN2CCN(CCSc3nc4cc(F)c(F)cc4[nH]3)CC2)c(OC(F)(F)F)n1. The highest BCUT2D eigenvalue weighted by Gasteiger charge is 2.35. The zero-order valence-corrected chi connectivity index (χ0v) is 22.7. The fourth-order valence-electron chi connectivity index (χ4n) is 4.06. The van der Waals surface area contributed by atoms with Gasteiger partial charge < -0.3 is 19.8 Å². The summed E-state index contributed by atoms with van der Waals surface area (Å²) in [4.78, 5) is 27.2. The van der Waals surface area contributed by atoms with Crippen LogP contribution in [-0.4, -0.2) is 94.8 Å². The lowest BCUT2D eigenvalue weighted by Crippen LogP contribution is -2.49. The number of halogens is 8. The lowest BCUT2D eigenvalue weighted by molar-refractivity contribution is -0.276. The summed E-state index contributed by atoms with van der Waals surface area (Å²) in [5.74, 6) is -3.97. The zero-order chi connectivity index (χ0) is 30.7. The van der Waals surface area contributed by atoms with Gasteiger partial charge in [-0.25, -0.2) is 18.7 Å². The highest BCUT2D eigenvalue weighted by atomic mass is 32.2. The van der Waals surface area contributed by atoms with Gasteiger partial charge in [-0.05, 0) is 6.92 Å². The highest BCUT2D eigenvalue weighted by Crippen LogP contribution is 2.37. The van der Waals surface area contributed by atoms with Crippen LogP contribution in [0.15, 0.2) is 23.4 Å². The summed E-state index contributed by atoms with van der Waals surface area (Å²) in [5.41, 5.74) is -0.206. The number of rotatable bonds is 10. The number of thioether (sulfide) groups is 1. The number of nitrogens with zero attached hydrogens (tertiary/aromatic N) is 4. The summed E-state index contributed by atoms with van der Waals surface area (Å²) in [6.45, 7) is 1.76. The Balaban J connectivity index is 1.29. The summed E-state index contributed by atoms with van der Waals surface area (Å²) >= 11 is 1.37. The monoisotopic (exact) mass is 628 g/mol. The number of carbonyl (C=O) groups excluding carboxylic acids is 1. The average molecular weight is 629 g/mol. The van der Waals surface area contributed by atoms with Gasteiger partial charge in [-0.15, -0.1) is 13.2 Å². The number of aromatic nitrogens is 3. The van der Waals surface area contributed by atoms with Crippen LogP contribution in [0.2, 0.25) is 0 Å². The molecule has 1 amide bonds. The van der Waals surface area contributed by atoms with Crippen molar-refractivity contribution < 1.29 is 49.4 Å². The number of hydrogen-bond donors (Lipinski definition) is 2. The first-order valence-corrected chi connectivity index (χ1v) is 13.3. The molecule has 0 atom stereocenters. The maximum atomic E-state index is 13.4. The molecule has 1 aliphatic heterocycles. The van der Waals surface area contributed by atoms with Crippen LogP contribution in [0.3, 0.4) is 0 Å². The highest BCUT2D eigenvalue weighted by molar-refractivity contribution is 7.99. The third-order valence-electron chi connectivity index (χ3n) is 5.93. The van der Waals surface area contributed by atoms with Crippen molar-refractivity contribution in [2.24, 2.45) is 0 Å². The Morgan fingerprint density at radius 3 is 2.36 bits per heavy atom. The summed E-state index contributed by atoms with van der Waals surface area (Å²) in [7, 11) is 0. The van der Waals surface area contributed by atoms with E-state index in [4.69, 9.17) is 0 Å². The van der Waals surface area contributed by atoms with E-state index in [0.29, 0.717) is 54.7 Å². The largest absolute Gasteiger partial charge is 0.574 e. The number of anilines is 1. The molecule has 9 nitrogen and oxygen atoms in total. The zero-order valence-electron chi connectivity index (χ0n) is 21.8. The third kappa shape index (κ3) is 9.06. The third-order valence-corrected chi connectivity index (χ3v) is 6.78. The Kier molecular flexibility index (Phi) is 9.67. The number of ether oxygens (including phenoxy) is 2. The van der Waals surface area contributed by atoms with Crippen molar-refractivity contribution >= 4 is 34.4 Å². The van der Waals surface area contributed by atoms with E-state index in [1.807, 2.05) is 0 Å². The number of piperazine rings is 1. The van der Waals surface area contributed by atoms with Crippen molar-refractivity contribution in [1.82, 2.24) is 24.8 Å². The Labute approximate surface area is 237 Å². The number of H-pyrrole nitrogens is 1. The lowest BCUT2D eigenvalue weighted by Gasteiger charge is -2.34. The molecule has 3 aromatic rings. The minimum Gasteiger partial charge on any atom is -0.482 e. The molecule has 0 spiro atoms. The first-order valence-electron chi connectivity index (χ1n) is 12.3. The van der Waals surface area contributed by atoms with Gasteiger partial charge in [-0.1, -0.05) is 11.8 Å². The standard InChI is InChI=1S/C24H24F8N6O3S/c1-13-8-18(40-12-23(27,28)29)20(21(33-13)41-24(30,31)32)36-19(39)11-38-4-2-37(3-5-38)6-7-42-22-34-16-9-14(25)15(26)10-17(16)35-22/h8-10H,2-7,11-12H2,1H3,(H,34,35)(H,36,39). The fraction of sp³-hybridized carbons (Fsp3) is 0.458. The predicted octanol–water partition coefficient (Wildman–Crippen LogP) is 4.73. The minimum absolute atomic E-state index is 0.123. The molecule has 1 saturated heterocycles. The van der Waals surface area contributed by atoms with E-state index in [0.717, 1.165) is 18.2 Å². The van der Waals surface area contributed by atoms with Gasteiger partial charge in [0.25, 0.3) is 0 Å². The first kappa shape index (κ1) is 31.6. The second kappa shape index (κ2) is 12.9. The van der Waals surface area contributed by atoms with Crippen LogP contribution in [0, 0.1) is 18.6 Å². The molecule has 2 aromatic heterocycles. The number of benzene rings is 1. The van der Waals surface area contributed by atoms with E-state index in [-0.39, 0.29) is 12.2 Å². The van der Waals surface area contributed by atoms with E-state index >= 15 is 0 Å². The summed E-state index contributed by atoms with van der Waals surface area (Å²) in [6, 6.07) is 3.01. The lowest BCUT2D eigenvalue weighted by atomic mass is 10.3. The van der Waals surface area contributed by atoms with Gasteiger partial charge in [0, 0.05) is 62.4 Å². The van der Waals surface area contributed by atoms with E-state index in [1.54, 1.807) is 4.90 Å². The van der Waals surface area contributed by atoms with Crippen molar-refractivity contribution in [3.05, 3.63) is 35.5 Å². The smallest absolute Gasteiger partial charge is 0.482 e. The van der Waals surface area contributed by atoms with Crippen LogP contribution >= 0.6 is 11.8 Å². The molecule has 1 aromatic carbocycles. The van der Waals surface area contributed by atoms with Crippen LogP contribution in [0.5, 0.6) is 11.6 Å². The topological polar surface area (TPSA) is 95.6 Å². The van der Waals surface area contributed by atoms with Crippen LogP contribution < -0.4 is 14.8 Å².